The number of alkyl carbamates (subject to hydrolysis) is 4. The first-order valence-electron chi connectivity index (χ1n) is 47.9. The number of fused-ring (bicyclic) bond motifs is 4. The van der Waals surface area contributed by atoms with Crippen LogP contribution in [0.4, 0.5) is 19.2 Å². The molecule has 15 rings (SSSR count). The summed E-state index contributed by atoms with van der Waals surface area (Å²) < 4.78 is 43.7. The number of carbonyl (C=O) groups is 8. The van der Waals surface area contributed by atoms with Gasteiger partial charge in [0.1, 0.15) is 68.9 Å². The van der Waals surface area contributed by atoms with Crippen LogP contribution in [0.5, 0.6) is 0 Å². The number of benzene rings is 10. The summed E-state index contributed by atoms with van der Waals surface area (Å²) in [6.07, 6.45) is 9.28. The highest BCUT2D eigenvalue weighted by molar-refractivity contribution is 5.90. The van der Waals surface area contributed by atoms with Gasteiger partial charge in [-0.15, -0.1) is 0 Å². The highest BCUT2D eigenvalue weighted by atomic mass is 16.6. The van der Waals surface area contributed by atoms with Crippen molar-refractivity contribution in [2.75, 3.05) is 0 Å². The van der Waals surface area contributed by atoms with E-state index < -0.39 is 70.9 Å². The smallest absolute Gasteiger partial charge is 0.408 e. The Morgan fingerprint density at radius 2 is 0.503 bits per heavy atom. The zero-order valence-electron chi connectivity index (χ0n) is 83.7. The van der Waals surface area contributed by atoms with Gasteiger partial charge in [0.05, 0.1) is 25.1 Å². The lowest BCUT2D eigenvalue weighted by atomic mass is 10.0. The maximum Gasteiger partial charge on any atom is 0.408 e. The van der Waals surface area contributed by atoms with E-state index in [0.29, 0.717) is 78.0 Å². The first-order valence-corrected chi connectivity index (χ1v) is 47.9. The normalized spacial score (nSPS) is 12.2. The number of nitrogens with one attached hydrogen (secondary N) is 4. The molecule has 0 aliphatic carbocycles. The summed E-state index contributed by atoms with van der Waals surface area (Å²) in [6.45, 7) is 30.8. The molecule has 0 spiro atoms. The van der Waals surface area contributed by atoms with Gasteiger partial charge in [-0.05, 0) is 242 Å². The number of ether oxygens (including phenoxy) is 4. The number of aryl methyl sites for hydroxylation is 1. The summed E-state index contributed by atoms with van der Waals surface area (Å²) in [5.74, 6) is -0.481. The van der Waals surface area contributed by atoms with Gasteiger partial charge >= 0.3 is 24.4 Å². The number of amides is 8. The largest absolute Gasteiger partial charge is 0.464 e. The second kappa shape index (κ2) is 51.1. The number of carbonyl (C=O) groups excluding carboxylic acids is 8. The van der Waals surface area contributed by atoms with Crippen molar-refractivity contribution in [1.29, 1.82) is 0 Å². The van der Waals surface area contributed by atoms with E-state index in [9.17, 15) is 38.4 Å². The van der Waals surface area contributed by atoms with Crippen LogP contribution in [-0.4, -0.2) is 119 Å². The van der Waals surface area contributed by atoms with Gasteiger partial charge in [-0.1, -0.05) is 234 Å². The number of pyridine rings is 1. The summed E-state index contributed by atoms with van der Waals surface area (Å²) >= 11 is 0. The fraction of sp³-hybridized carbons (Fsp3) is 0.314. The molecule has 0 unspecified atom stereocenters. The quantitative estimate of drug-likeness (QED) is 0.0285. The molecule has 748 valence electrons. The minimum atomic E-state index is -0.812. The van der Waals surface area contributed by atoms with Crippen LogP contribution in [0.1, 0.15) is 178 Å². The van der Waals surface area contributed by atoms with Gasteiger partial charge in [-0.3, -0.25) is 24.2 Å². The lowest BCUT2D eigenvalue weighted by molar-refractivity contribution is -0.135. The molecule has 8 amide bonds. The minimum absolute atomic E-state index is 0. The van der Waals surface area contributed by atoms with Gasteiger partial charge in [-0.25, -0.2) is 19.2 Å². The van der Waals surface area contributed by atoms with Gasteiger partial charge in [0.2, 0.25) is 23.6 Å². The lowest BCUT2D eigenvalue weighted by Gasteiger charge is -2.30. The van der Waals surface area contributed by atoms with Gasteiger partial charge in [0.25, 0.3) is 0 Å². The average Bonchev–Trinajstić information content (AvgIpc) is 1.82. The van der Waals surface area contributed by atoms with Crippen molar-refractivity contribution < 1.29 is 75.0 Å². The number of hydrogen-bond acceptors (Lipinski definition) is 17. The van der Waals surface area contributed by atoms with Crippen LogP contribution in [0.25, 0.3) is 43.9 Å². The van der Waals surface area contributed by atoms with E-state index in [0.717, 1.165) is 111 Å². The molecule has 25 nitrogen and oxygen atoms in total. The molecular formula is C118H135N9O16. The fourth-order valence-electron chi connectivity index (χ4n) is 16.0. The van der Waals surface area contributed by atoms with E-state index in [2.05, 4.69) is 26.3 Å². The molecule has 10 aromatic carbocycles. The molecule has 5 heterocycles. The molecule has 0 bridgehead atoms. The van der Waals surface area contributed by atoms with E-state index in [1.807, 2.05) is 306 Å². The van der Waals surface area contributed by atoms with Crippen LogP contribution in [0.15, 0.2) is 340 Å². The Bertz CT molecular complexity index is 6390. The van der Waals surface area contributed by atoms with E-state index in [1.54, 1.807) is 140 Å². The first kappa shape index (κ1) is 108. The van der Waals surface area contributed by atoms with Crippen LogP contribution < -0.4 is 21.3 Å². The Kier molecular flexibility index (Phi) is 38.5. The van der Waals surface area contributed by atoms with Crippen molar-refractivity contribution in [3.05, 3.63) is 389 Å². The standard InChI is InChI=1S/C30H33N3O4.2C30H32N2O4.C27H34N2O4.CH4/c1-21-14-24(18-31-17-21)20-33(19-23-10-11-27-25(15-23)12-13-36-27)28(34)26(16-22-8-6-5-7-9-22)32-29(35)37-30(2,3)4;2*1-30(2,3)36-29(34)31-26(19-22-10-6-4-7-11-22)28(33)32(20-23-12-8-5-9-13-23)21-24-14-15-27-25(18-24)16-17-35-27;1-19(2)15-23(28-26(31)33-27(3,4)5)25(30)29(17-20-9-7-6-8-10-20)18-21-11-12-24-22(16-21)13-14-32-24;/h5-15,17-18,26H,16,19-20H2,1-4H3,(H,32,35);2*4-18,26H,19-21H2,1-3H3,(H,31,34);6-14,16,19,23H,15,17-18H2,1-5H3,(H,28,31);1H4/t3*26-;23-;/m1100./s1. The number of aromatic nitrogens is 1. The van der Waals surface area contributed by atoms with Crippen LogP contribution in [0, 0.1) is 12.8 Å². The van der Waals surface area contributed by atoms with Crippen molar-refractivity contribution in [1.82, 2.24) is 45.9 Å². The summed E-state index contributed by atoms with van der Waals surface area (Å²) in [5, 5.41) is 15.2. The lowest BCUT2D eigenvalue weighted by Crippen LogP contribution is -2.50. The second-order valence-corrected chi connectivity index (χ2v) is 39.8. The Morgan fingerprint density at radius 1 is 0.280 bits per heavy atom. The molecule has 0 aliphatic rings. The van der Waals surface area contributed by atoms with Crippen LogP contribution >= 0.6 is 0 Å². The number of rotatable bonds is 32. The average molecular weight is 1940 g/mol. The molecule has 0 radical (unpaired) electrons. The summed E-state index contributed by atoms with van der Waals surface area (Å²) in [7, 11) is 0. The molecular weight excluding hydrogens is 1800 g/mol. The fourth-order valence-corrected chi connectivity index (χ4v) is 16.0. The second-order valence-electron chi connectivity index (χ2n) is 39.8. The molecule has 5 aromatic heterocycles. The highest BCUT2D eigenvalue weighted by Gasteiger charge is 2.35. The van der Waals surface area contributed by atoms with Gasteiger partial charge in [-0.2, -0.15) is 0 Å². The zero-order valence-corrected chi connectivity index (χ0v) is 83.7. The third kappa shape index (κ3) is 35.6. The predicted molar refractivity (Wildman–Crippen MR) is 559 cm³/mol. The van der Waals surface area contributed by atoms with Crippen molar-refractivity contribution in [3.8, 4) is 0 Å². The number of furan rings is 4. The molecule has 4 N–H and O–H groups in total. The van der Waals surface area contributed by atoms with Gasteiger partial charge in [0.15, 0.2) is 0 Å². The van der Waals surface area contributed by atoms with Gasteiger partial charge < -0.3 is 77.5 Å². The van der Waals surface area contributed by atoms with E-state index in [-0.39, 0.29) is 37.0 Å². The Hall–Kier alpha value is -15.5. The third-order valence-electron chi connectivity index (χ3n) is 22.3. The van der Waals surface area contributed by atoms with E-state index >= 15 is 0 Å². The van der Waals surface area contributed by atoms with Crippen molar-refractivity contribution in [2.24, 2.45) is 5.92 Å². The van der Waals surface area contributed by atoms with Crippen LogP contribution in [-0.2, 0) is 110 Å². The molecule has 4 atom stereocenters. The topological polar surface area (TPSA) is 300 Å². The maximum atomic E-state index is 14.1. The minimum Gasteiger partial charge on any atom is -0.464 e. The SMILES string of the molecule is C.CC(C)(C)OC(=O)N[C@@H](Cc1ccccc1)C(=O)N(Cc1ccccc1)Cc1ccc2occc2c1.CC(C)(C)OC(=O)N[C@H](Cc1ccccc1)C(=O)N(Cc1ccccc1)Cc1ccc2occc2c1.CC(C)C[C@H](NC(=O)OC(C)(C)C)C(=O)N(Cc1ccccc1)Cc1ccc2occc2c1.Cc1cncc(CN(Cc2ccc3occc3c2)C(=O)[C@@H](Cc2ccccc2)NC(=O)OC(C)(C)C)c1. The monoisotopic (exact) mass is 1930 g/mol. The maximum absolute atomic E-state index is 14.1. The first-order chi connectivity index (χ1) is 67.8. The summed E-state index contributed by atoms with van der Waals surface area (Å²) in [4.78, 5) is 118. The Morgan fingerprint density at radius 3 is 0.741 bits per heavy atom. The molecule has 0 fully saturated rings. The number of nitrogens with zero attached hydrogens (tertiary/aromatic N) is 5. The molecule has 143 heavy (non-hydrogen) atoms. The Labute approximate surface area is 839 Å². The van der Waals surface area contributed by atoms with Crippen molar-refractivity contribution in [3.63, 3.8) is 0 Å². The summed E-state index contributed by atoms with van der Waals surface area (Å²) in [6, 6.07) is 88.7. The van der Waals surface area contributed by atoms with E-state index in [1.165, 1.54) is 0 Å². The van der Waals surface area contributed by atoms with Crippen LogP contribution in [0.3, 0.4) is 0 Å². The summed E-state index contributed by atoms with van der Waals surface area (Å²) in [5.41, 5.74) is 12.2. The molecule has 0 aliphatic heterocycles. The van der Waals surface area contributed by atoms with Crippen LogP contribution in [0.2, 0.25) is 0 Å². The third-order valence-corrected chi connectivity index (χ3v) is 22.3. The zero-order chi connectivity index (χ0) is 102. The number of hydrogen-bond donors (Lipinski definition) is 4. The van der Waals surface area contributed by atoms with Gasteiger partial charge in [0, 0.05) is 106 Å². The van der Waals surface area contributed by atoms with Crippen molar-refractivity contribution in [2.45, 2.75) is 236 Å². The van der Waals surface area contributed by atoms with E-state index in [4.69, 9.17) is 36.6 Å². The Balaban J connectivity index is 0.000000182. The highest BCUT2D eigenvalue weighted by Crippen LogP contribution is 2.29. The molecule has 15 aromatic rings. The van der Waals surface area contributed by atoms with Crippen molar-refractivity contribution >= 4 is 91.9 Å². The molecule has 0 saturated carbocycles. The molecule has 0 saturated heterocycles. The molecule has 25 heteroatoms. The predicted octanol–water partition coefficient (Wildman–Crippen LogP) is 24.5.